The summed E-state index contributed by atoms with van der Waals surface area (Å²) in [6.07, 6.45) is 2.38. The zero-order valence-corrected chi connectivity index (χ0v) is 17.6. The van der Waals surface area contributed by atoms with Crippen LogP contribution >= 0.6 is 11.6 Å². The minimum absolute atomic E-state index is 0.360. The highest BCUT2D eigenvalue weighted by atomic mass is 35.5. The fraction of sp³-hybridized carbons (Fsp3) is 0.261. The van der Waals surface area contributed by atoms with E-state index in [-0.39, 0.29) is 6.03 Å². The number of anilines is 3. The zero-order chi connectivity index (χ0) is 20.9. The summed E-state index contributed by atoms with van der Waals surface area (Å²) in [5.74, 6) is 1.69. The predicted molar refractivity (Wildman–Crippen MR) is 122 cm³/mol. The summed E-state index contributed by atoms with van der Waals surface area (Å²) in [7, 11) is 0. The Morgan fingerprint density at radius 2 is 1.80 bits per heavy atom. The van der Waals surface area contributed by atoms with Gasteiger partial charge in [0.1, 0.15) is 0 Å². The minimum Gasteiger partial charge on any atom is -0.355 e. The largest absolute Gasteiger partial charge is 0.355 e. The molecule has 0 saturated carbocycles. The topological polar surface area (TPSA) is 70.2 Å². The first kappa shape index (κ1) is 20.2. The Labute approximate surface area is 181 Å². The van der Waals surface area contributed by atoms with Gasteiger partial charge in [-0.1, -0.05) is 42.8 Å². The standard InChI is InChI=1S/C23H24ClN5O/c1-16-11-13-29(14-12-16)22-10-9-20(27-28-22)17-5-4-6-18(15-17)25-23(30)26-21-8-3-2-7-19(21)24/h2-10,15-16H,11-14H2,1H3,(H2,25,26,30). The zero-order valence-electron chi connectivity index (χ0n) is 16.8. The molecular weight excluding hydrogens is 398 g/mol. The van der Waals surface area contributed by atoms with Crippen molar-refractivity contribution in [3.8, 4) is 11.3 Å². The van der Waals surface area contributed by atoms with Crippen molar-refractivity contribution >= 4 is 34.8 Å². The van der Waals surface area contributed by atoms with Crippen molar-refractivity contribution < 1.29 is 4.79 Å². The van der Waals surface area contributed by atoms with Crippen molar-refractivity contribution in [1.82, 2.24) is 10.2 Å². The summed E-state index contributed by atoms with van der Waals surface area (Å²) in [5, 5.41) is 14.9. The van der Waals surface area contributed by atoms with Gasteiger partial charge in [-0.3, -0.25) is 0 Å². The van der Waals surface area contributed by atoms with Crippen LogP contribution in [0.1, 0.15) is 19.8 Å². The Hall–Kier alpha value is -3.12. The maximum absolute atomic E-state index is 12.3. The number of carbonyl (C=O) groups excluding carboxylic acids is 1. The van der Waals surface area contributed by atoms with Crippen LogP contribution in [0.3, 0.4) is 0 Å². The number of benzene rings is 2. The lowest BCUT2D eigenvalue weighted by Gasteiger charge is -2.30. The van der Waals surface area contributed by atoms with Gasteiger partial charge in [0.25, 0.3) is 0 Å². The van der Waals surface area contributed by atoms with E-state index in [0.717, 1.165) is 36.1 Å². The Morgan fingerprint density at radius 1 is 1.00 bits per heavy atom. The van der Waals surface area contributed by atoms with Gasteiger partial charge in [0, 0.05) is 24.3 Å². The van der Waals surface area contributed by atoms with Gasteiger partial charge in [0.2, 0.25) is 0 Å². The van der Waals surface area contributed by atoms with E-state index in [0.29, 0.717) is 16.4 Å². The first-order valence-electron chi connectivity index (χ1n) is 10.1. The molecule has 4 rings (SSSR count). The van der Waals surface area contributed by atoms with E-state index in [1.165, 1.54) is 12.8 Å². The van der Waals surface area contributed by atoms with Crippen molar-refractivity contribution in [3.63, 3.8) is 0 Å². The highest BCUT2D eigenvalue weighted by Gasteiger charge is 2.17. The van der Waals surface area contributed by atoms with Crippen molar-refractivity contribution in [2.24, 2.45) is 5.92 Å². The van der Waals surface area contributed by atoms with Crippen LogP contribution in [0.4, 0.5) is 22.0 Å². The molecule has 0 unspecified atom stereocenters. The van der Waals surface area contributed by atoms with E-state index in [9.17, 15) is 4.79 Å². The lowest BCUT2D eigenvalue weighted by atomic mass is 9.99. The molecule has 1 aromatic heterocycles. The van der Waals surface area contributed by atoms with Crippen LogP contribution in [-0.2, 0) is 0 Å². The third-order valence-electron chi connectivity index (χ3n) is 5.30. The molecule has 3 aromatic rings. The second kappa shape index (κ2) is 9.13. The fourth-order valence-corrected chi connectivity index (χ4v) is 3.67. The highest BCUT2D eigenvalue weighted by molar-refractivity contribution is 6.33. The molecule has 1 fully saturated rings. The molecule has 0 aliphatic carbocycles. The maximum atomic E-state index is 12.3. The number of piperidine rings is 1. The van der Waals surface area contributed by atoms with Crippen LogP contribution < -0.4 is 15.5 Å². The lowest BCUT2D eigenvalue weighted by molar-refractivity contribution is 0.262. The number of halogens is 1. The number of nitrogens with one attached hydrogen (secondary N) is 2. The Morgan fingerprint density at radius 3 is 2.53 bits per heavy atom. The molecule has 2 N–H and O–H groups in total. The Balaban J connectivity index is 1.43. The monoisotopic (exact) mass is 421 g/mol. The summed E-state index contributed by atoms with van der Waals surface area (Å²) < 4.78 is 0. The number of hydrogen-bond donors (Lipinski definition) is 2. The first-order chi connectivity index (χ1) is 14.6. The number of para-hydroxylation sites is 1. The molecule has 1 aliphatic rings. The molecule has 0 radical (unpaired) electrons. The normalized spacial score (nSPS) is 14.4. The van der Waals surface area contributed by atoms with Crippen molar-refractivity contribution in [2.75, 3.05) is 28.6 Å². The molecule has 0 bridgehead atoms. The third-order valence-corrected chi connectivity index (χ3v) is 5.63. The molecule has 1 aliphatic heterocycles. The van der Waals surface area contributed by atoms with Gasteiger partial charge in [0.15, 0.2) is 5.82 Å². The number of carbonyl (C=O) groups is 1. The van der Waals surface area contributed by atoms with Gasteiger partial charge >= 0.3 is 6.03 Å². The van der Waals surface area contributed by atoms with Gasteiger partial charge < -0.3 is 15.5 Å². The predicted octanol–water partition coefficient (Wildman–Crippen LogP) is 5.68. The van der Waals surface area contributed by atoms with Gasteiger partial charge in [0.05, 0.1) is 16.4 Å². The van der Waals surface area contributed by atoms with E-state index >= 15 is 0 Å². The molecule has 1 saturated heterocycles. The SMILES string of the molecule is CC1CCN(c2ccc(-c3cccc(NC(=O)Nc4ccccc4Cl)c3)nn2)CC1. The summed E-state index contributed by atoms with van der Waals surface area (Å²) in [6, 6.07) is 18.3. The first-order valence-corrected chi connectivity index (χ1v) is 10.5. The van der Waals surface area contributed by atoms with Crippen LogP contribution in [0, 0.1) is 5.92 Å². The van der Waals surface area contributed by atoms with Crippen molar-refractivity contribution in [2.45, 2.75) is 19.8 Å². The quantitative estimate of drug-likeness (QED) is 0.568. The van der Waals surface area contributed by atoms with Gasteiger partial charge in [-0.15, -0.1) is 10.2 Å². The molecule has 0 atom stereocenters. The highest BCUT2D eigenvalue weighted by Crippen LogP contribution is 2.25. The van der Waals surface area contributed by atoms with Gasteiger partial charge in [-0.2, -0.15) is 0 Å². The smallest absolute Gasteiger partial charge is 0.323 e. The lowest BCUT2D eigenvalue weighted by Crippen LogP contribution is -2.33. The number of hydrogen-bond acceptors (Lipinski definition) is 4. The molecule has 0 spiro atoms. The van der Waals surface area contributed by atoms with Gasteiger partial charge in [-0.25, -0.2) is 4.79 Å². The van der Waals surface area contributed by atoms with E-state index < -0.39 is 0 Å². The van der Waals surface area contributed by atoms with E-state index in [2.05, 4.69) is 32.7 Å². The average Bonchev–Trinajstić information content (AvgIpc) is 2.76. The molecule has 2 aromatic carbocycles. The maximum Gasteiger partial charge on any atom is 0.323 e. The fourth-order valence-electron chi connectivity index (χ4n) is 3.49. The van der Waals surface area contributed by atoms with Crippen LogP contribution in [0.5, 0.6) is 0 Å². The van der Waals surface area contributed by atoms with E-state index in [1.54, 1.807) is 12.1 Å². The van der Waals surface area contributed by atoms with Crippen molar-refractivity contribution in [3.05, 3.63) is 65.7 Å². The minimum atomic E-state index is -0.360. The average molecular weight is 422 g/mol. The number of amides is 2. The summed E-state index contributed by atoms with van der Waals surface area (Å²) in [6.45, 7) is 4.34. The Kier molecular flexibility index (Phi) is 6.14. The van der Waals surface area contributed by atoms with E-state index in [1.807, 2.05) is 48.5 Å². The molecule has 7 heteroatoms. The van der Waals surface area contributed by atoms with Crippen LogP contribution in [-0.4, -0.2) is 29.3 Å². The number of aromatic nitrogens is 2. The summed E-state index contributed by atoms with van der Waals surface area (Å²) in [5.41, 5.74) is 2.87. The second-order valence-electron chi connectivity index (χ2n) is 7.59. The molecule has 2 heterocycles. The second-order valence-corrected chi connectivity index (χ2v) is 7.99. The number of urea groups is 1. The van der Waals surface area contributed by atoms with Crippen LogP contribution in [0.2, 0.25) is 5.02 Å². The number of rotatable bonds is 4. The molecule has 6 nitrogen and oxygen atoms in total. The molecule has 30 heavy (non-hydrogen) atoms. The van der Waals surface area contributed by atoms with Crippen LogP contribution in [0.25, 0.3) is 11.3 Å². The Bertz CT molecular complexity index is 1020. The molecule has 154 valence electrons. The number of nitrogens with zero attached hydrogens (tertiary/aromatic N) is 3. The third kappa shape index (κ3) is 4.89. The summed E-state index contributed by atoms with van der Waals surface area (Å²) in [4.78, 5) is 14.6. The molecular formula is C23H24ClN5O. The van der Waals surface area contributed by atoms with Crippen LogP contribution in [0.15, 0.2) is 60.7 Å². The van der Waals surface area contributed by atoms with Crippen molar-refractivity contribution in [1.29, 1.82) is 0 Å². The van der Waals surface area contributed by atoms with Gasteiger partial charge in [-0.05, 0) is 55.2 Å². The summed E-state index contributed by atoms with van der Waals surface area (Å²) >= 11 is 6.09. The van der Waals surface area contributed by atoms with E-state index in [4.69, 9.17) is 11.6 Å². The molecule has 2 amide bonds.